The maximum atomic E-state index is 11.9. The monoisotopic (exact) mass is 359 g/mol. The highest BCUT2D eigenvalue weighted by molar-refractivity contribution is 7.12. The van der Waals surface area contributed by atoms with Crippen molar-refractivity contribution in [2.75, 3.05) is 12.4 Å². The van der Waals surface area contributed by atoms with Crippen molar-refractivity contribution in [3.05, 3.63) is 57.8 Å². The zero-order valence-electron chi connectivity index (χ0n) is 13.6. The molecule has 7 heteroatoms. The Hall–Kier alpha value is -3.06. The van der Waals surface area contributed by atoms with Crippen LogP contribution in [-0.4, -0.2) is 29.2 Å². The van der Waals surface area contributed by atoms with Gasteiger partial charge in [0.1, 0.15) is 4.88 Å². The topological polar surface area (TPSA) is 95.9 Å². The first-order chi connectivity index (χ1) is 11.9. The summed E-state index contributed by atoms with van der Waals surface area (Å²) < 4.78 is 5.02. The molecular formula is C18H17NO5S. The minimum absolute atomic E-state index is 0.0509. The number of aromatic hydroxyl groups is 1. The van der Waals surface area contributed by atoms with E-state index in [-0.39, 0.29) is 10.6 Å². The number of nitrogens with one attached hydrogen (secondary N) is 1. The Morgan fingerprint density at radius 2 is 2.04 bits per heavy atom. The van der Waals surface area contributed by atoms with Gasteiger partial charge in [-0.05, 0) is 35.6 Å². The molecule has 0 saturated carbocycles. The van der Waals surface area contributed by atoms with Gasteiger partial charge in [-0.25, -0.2) is 4.79 Å². The normalized spacial score (nSPS) is 11.1. The number of amides is 1. The fourth-order valence-corrected chi connectivity index (χ4v) is 2.87. The number of rotatable bonds is 6. The number of carbonyl (C=O) groups is 2. The van der Waals surface area contributed by atoms with Crippen molar-refractivity contribution in [2.24, 2.45) is 0 Å². The molecule has 0 aliphatic carbocycles. The first kappa shape index (κ1) is 18.3. The summed E-state index contributed by atoms with van der Waals surface area (Å²) in [5.41, 5.74) is 1.82. The Morgan fingerprint density at radius 3 is 2.72 bits per heavy atom. The Bertz CT molecular complexity index is 851. The number of hydrogen-bond donors (Lipinski definition) is 3. The average molecular weight is 359 g/mol. The van der Waals surface area contributed by atoms with Gasteiger partial charge in [-0.3, -0.25) is 4.79 Å². The van der Waals surface area contributed by atoms with Crippen LogP contribution in [0.5, 0.6) is 11.5 Å². The van der Waals surface area contributed by atoms with Gasteiger partial charge < -0.3 is 20.3 Å². The molecule has 0 aliphatic rings. The summed E-state index contributed by atoms with van der Waals surface area (Å²) in [7, 11) is 1.46. The number of carboxylic acid groups (broad SMARTS) is 1. The van der Waals surface area contributed by atoms with Gasteiger partial charge in [0.05, 0.1) is 12.8 Å². The molecule has 0 spiro atoms. The number of aryl methyl sites for hydroxylation is 1. The van der Waals surface area contributed by atoms with E-state index in [1.807, 2.05) is 0 Å². The highest BCUT2D eigenvalue weighted by Gasteiger charge is 2.16. The molecule has 0 fully saturated rings. The minimum Gasteiger partial charge on any atom is -0.504 e. The van der Waals surface area contributed by atoms with Crippen LogP contribution in [0, 0.1) is 6.92 Å². The van der Waals surface area contributed by atoms with Crippen molar-refractivity contribution in [1.82, 2.24) is 0 Å². The maximum Gasteiger partial charge on any atom is 0.348 e. The average Bonchev–Trinajstić information content (AvgIpc) is 2.94. The van der Waals surface area contributed by atoms with Crippen LogP contribution >= 0.6 is 11.3 Å². The van der Waals surface area contributed by atoms with Gasteiger partial charge in [0.25, 0.3) is 0 Å². The summed E-state index contributed by atoms with van der Waals surface area (Å²) in [5, 5.41) is 22.9. The molecule has 1 aromatic heterocycles. The molecule has 1 amide bonds. The van der Waals surface area contributed by atoms with Crippen molar-refractivity contribution in [3.8, 4) is 11.5 Å². The van der Waals surface area contributed by atoms with Gasteiger partial charge in [-0.2, -0.15) is 0 Å². The third-order valence-electron chi connectivity index (χ3n) is 3.27. The lowest BCUT2D eigenvalue weighted by molar-refractivity contribution is -0.111. The van der Waals surface area contributed by atoms with E-state index in [1.165, 1.54) is 25.3 Å². The number of aromatic carboxylic acids is 1. The molecule has 130 valence electrons. The number of hydrogen-bond acceptors (Lipinski definition) is 5. The Morgan fingerprint density at radius 1 is 1.28 bits per heavy atom. The van der Waals surface area contributed by atoms with Gasteiger partial charge in [0.2, 0.25) is 5.91 Å². The fraction of sp³-hybridized carbons (Fsp3) is 0.111. The largest absolute Gasteiger partial charge is 0.504 e. The summed E-state index contributed by atoms with van der Waals surface area (Å²) in [5.74, 6) is -1.08. The maximum absolute atomic E-state index is 11.9. The smallest absolute Gasteiger partial charge is 0.348 e. The number of phenolic OH excluding ortho intramolecular Hbond substituents is 1. The number of allylic oxidation sites excluding steroid dienone is 2. The molecule has 0 radical (unpaired) electrons. The lowest BCUT2D eigenvalue weighted by Crippen LogP contribution is -2.11. The van der Waals surface area contributed by atoms with E-state index in [4.69, 9.17) is 9.84 Å². The molecule has 0 saturated heterocycles. The molecule has 0 aliphatic heterocycles. The van der Waals surface area contributed by atoms with Gasteiger partial charge in [-0.15, -0.1) is 11.3 Å². The predicted molar refractivity (Wildman–Crippen MR) is 97.5 cm³/mol. The molecule has 6 nitrogen and oxygen atoms in total. The van der Waals surface area contributed by atoms with Gasteiger partial charge in [0.15, 0.2) is 11.5 Å². The van der Waals surface area contributed by atoms with E-state index in [0.717, 1.165) is 16.9 Å². The summed E-state index contributed by atoms with van der Waals surface area (Å²) in [4.78, 5) is 23.1. The van der Waals surface area contributed by atoms with Crippen LogP contribution in [0.1, 0.15) is 20.8 Å². The second kappa shape index (κ2) is 8.16. The highest BCUT2D eigenvalue weighted by atomic mass is 32.1. The molecule has 0 unspecified atom stereocenters. The lowest BCUT2D eigenvalue weighted by atomic mass is 10.2. The number of carbonyl (C=O) groups excluding carboxylic acids is 1. The Kier molecular flexibility index (Phi) is 5.97. The SMILES string of the molecule is COc1cc(C=CC=CC(=O)Nc2c(C)csc2C(=O)O)ccc1O. The summed E-state index contributed by atoms with van der Waals surface area (Å²) in [6.07, 6.45) is 6.24. The molecular weight excluding hydrogens is 342 g/mol. The van der Waals surface area contributed by atoms with Crippen LogP contribution in [0.3, 0.4) is 0 Å². The molecule has 25 heavy (non-hydrogen) atoms. The number of thiophene rings is 1. The van der Waals surface area contributed by atoms with E-state index >= 15 is 0 Å². The van der Waals surface area contributed by atoms with Crippen LogP contribution in [0.2, 0.25) is 0 Å². The predicted octanol–water partition coefficient (Wildman–Crippen LogP) is 3.68. The van der Waals surface area contributed by atoms with E-state index in [2.05, 4.69) is 5.32 Å². The van der Waals surface area contributed by atoms with E-state index in [9.17, 15) is 14.7 Å². The number of anilines is 1. The van der Waals surface area contributed by atoms with Crippen molar-refractivity contribution in [2.45, 2.75) is 6.92 Å². The highest BCUT2D eigenvalue weighted by Crippen LogP contribution is 2.28. The van der Waals surface area contributed by atoms with Crippen molar-refractivity contribution in [3.63, 3.8) is 0 Å². The van der Waals surface area contributed by atoms with Crippen LogP contribution < -0.4 is 10.1 Å². The lowest BCUT2D eigenvalue weighted by Gasteiger charge is -2.03. The molecule has 3 N–H and O–H groups in total. The number of benzene rings is 1. The third kappa shape index (κ3) is 4.71. The van der Waals surface area contributed by atoms with E-state index in [0.29, 0.717) is 17.0 Å². The van der Waals surface area contributed by atoms with Crippen LogP contribution in [0.4, 0.5) is 5.69 Å². The van der Waals surface area contributed by atoms with Crippen molar-refractivity contribution < 1.29 is 24.5 Å². The summed E-state index contributed by atoms with van der Waals surface area (Å²) in [6, 6.07) is 4.88. The number of methoxy groups -OCH3 is 1. The van der Waals surface area contributed by atoms with Crippen LogP contribution in [0.15, 0.2) is 41.8 Å². The second-order valence-corrected chi connectivity index (χ2v) is 5.95. The molecule has 1 heterocycles. The summed E-state index contributed by atoms with van der Waals surface area (Å²) in [6.45, 7) is 1.74. The summed E-state index contributed by atoms with van der Waals surface area (Å²) >= 11 is 1.07. The van der Waals surface area contributed by atoms with Crippen LogP contribution in [-0.2, 0) is 4.79 Å². The standard InChI is InChI=1S/C18H17NO5S/c1-11-10-25-17(18(22)23)16(11)19-15(21)6-4-3-5-12-7-8-13(20)14(9-12)24-2/h3-10,20H,1-2H3,(H,19,21)(H,22,23). The minimum atomic E-state index is -1.07. The second-order valence-electron chi connectivity index (χ2n) is 5.07. The number of phenols is 1. The first-order valence-corrected chi connectivity index (χ1v) is 8.14. The molecule has 1 aromatic carbocycles. The van der Waals surface area contributed by atoms with E-state index in [1.54, 1.807) is 36.6 Å². The van der Waals surface area contributed by atoms with Gasteiger partial charge >= 0.3 is 5.97 Å². The van der Waals surface area contributed by atoms with Crippen LogP contribution in [0.25, 0.3) is 6.08 Å². The van der Waals surface area contributed by atoms with Gasteiger partial charge in [-0.1, -0.05) is 24.3 Å². The molecule has 0 bridgehead atoms. The molecule has 0 atom stereocenters. The fourth-order valence-electron chi connectivity index (χ4n) is 2.03. The van der Waals surface area contributed by atoms with Crippen molar-refractivity contribution in [1.29, 1.82) is 0 Å². The quantitative estimate of drug-likeness (QED) is 0.540. The van der Waals surface area contributed by atoms with Crippen molar-refractivity contribution >= 4 is 35.0 Å². The third-order valence-corrected chi connectivity index (χ3v) is 4.35. The Labute approximate surface area is 148 Å². The first-order valence-electron chi connectivity index (χ1n) is 7.26. The Balaban J connectivity index is 2.01. The molecule has 2 rings (SSSR count). The zero-order valence-corrected chi connectivity index (χ0v) is 14.5. The number of ether oxygens (including phenoxy) is 1. The zero-order chi connectivity index (χ0) is 18.4. The molecule has 2 aromatic rings. The van der Waals surface area contributed by atoms with Gasteiger partial charge in [0, 0.05) is 6.08 Å². The van der Waals surface area contributed by atoms with E-state index < -0.39 is 11.9 Å². The number of carboxylic acids is 1.